The molecule has 0 aromatic heterocycles. The van der Waals surface area contributed by atoms with E-state index in [1.165, 1.54) is 12.0 Å². The Bertz CT molecular complexity index is 345. The Labute approximate surface area is 105 Å². The number of nitrogens with zero attached hydrogens (tertiary/aromatic N) is 1. The summed E-state index contributed by atoms with van der Waals surface area (Å²) in [6.45, 7) is 7.82. The molecule has 1 aliphatic rings. The molecule has 0 saturated carbocycles. The zero-order chi connectivity index (χ0) is 12.3. The Kier molecular flexibility index (Phi) is 3.85. The molecule has 0 radical (unpaired) electrons. The van der Waals surface area contributed by atoms with Gasteiger partial charge in [0.25, 0.3) is 0 Å². The third-order valence-electron chi connectivity index (χ3n) is 3.97. The normalized spacial score (nSPS) is 24.1. The number of benzene rings is 1. The molecule has 17 heavy (non-hydrogen) atoms. The predicted molar refractivity (Wildman–Crippen MR) is 73.0 cm³/mol. The van der Waals surface area contributed by atoms with Crippen LogP contribution in [0.4, 0.5) is 0 Å². The van der Waals surface area contributed by atoms with Crippen LogP contribution in [0.1, 0.15) is 25.8 Å². The van der Waals surface area contributed by atoms with Gasteiger partial charge in [0.2, 0.25) is 0 Å². The fraction of sp³-hybridized carbons (Fsp3) is 0.600. The number of hydrogen-bond acceptors (Lipinski definition) is 2. The van der Waals surface area contributed by atoms with Gasteiger partial charge in [-0.15, -0.1) is 0 Å². The summed E-state index contributed by atoms with van der Waals surface area (Å²) >= 11 is 0. The first-order valence-corrected chi connectivity index (χ1v) is 6.61. The minimum Gasteiger partial charge on any atom is -0.330 e. The fourth-order valence-electron chi connectivity index (χ4n) is 2.92. The highest BCUT2D eigenvalue weighted by Gasteiger charge is 2.36. The van der Waals surface area contributed by atoms with Crippen molar-refractivity contribution in [2.75, 3.05) is 19.6 Å². The lowest BCUT2D eigenvalue weighted by molar-refractivity contribution is 0.177. The van der Waals surface area contributed by atoms with E-state index in [0.717, 1.165) is 26.1 Å². The standard InChI is InChI=1S/C15H24N2/c1-15(2)10-14(11-16)12-17(15)9-8-13-6-4-3-5-7-13/h3-7,14H,8-12,16H2,1-2H3. The van der Waals surface area contributed by atoms with Crippen molar-refractivity contribution in [2.45, 2.75) is 32.2 Å². The minimum atomic E-state index is 0.318. The first kappa shape index (κ1) is 12.6. The van der Waals surface area contributed by atoms with Crippen LogP contribution in [0, 0.1) is 5.92 Å². The monoisotopic (exact) mass is 232 g/mol. The summed E-state index contributed by atoms with van der Waals surface area (Å²) in [6, 6.07) is 10.7. The van der Waals surface area contributed by atoms with E-state index < -0.39 is 0 Å². The molecular formula is C15H24N2. The van der Waals surface area contributed by atoms with Gasteiger partial charge >= 0.3 is 0 Å². The smallest absolute Gasteiger partial charge is 0.0157 e. The van der Waals surface area contributed by atoms with Gasteiger partial charge in [0.15, 0.2) is 0 Å². The highest BCUT2D eigenvalue weighted by molar-refractivity contribution is 5.15. The lowest BCUT2D eigenvalue weighted by Gasteiger charge is -2.31. The Morgan fingerprint density at radius 3 is 2.59 bits per heavy atom. The van der Waals surface area contributed by atoms with E-state index >= 15 is 0 Å². The Balaban J connectivity index is 1.91. The maximum Gasteiger partial charge on any atom is 0.0157 e. The van der Waals surface area contributed by atoms with Gasteiger partial charge in [-0.1, -0.05) is 30.3 Å². The highest BCUT2D eigenvalue weighted by Crippen LogP contribution is 2.31. The van der Waals surface area contributed by atoms with Crippen LogP contribution in [0.15, 0.2) is 30.3 Å². The van der Waals surface area contributed by atoms with E-state index in [4.69, 9.17) is 5.73 Å². The average molecular weight is 232 g/mol. The second kappa shape index (κ2) is 5.19. The molecule has 2 nitrogen and oxygen atoms in total. The van der Waals surface area contributed by atoms with Crippen LogP contribution >= 0.6 is 0 Å². The number of likely N-dealkylation sites (tertiary alicyclic amines) is 1. The van der Waals surface area contributed by atoms with E-state index in [2.05, 4.69) is 49.1 Å². The van der Waals surface area contributed by atoms with Gasteiger partial charge < -0.3 is 5.73 Å². The zero-order valence-electron chi connectivity index (χ0n) is 11.0. The van der Waals surface area contributed by atoms with Crippen molar-refractivity contribution >= 4 is 0 Å². The molecule has 1 fully saturated rings. The molecule has 0 amide bonds. The molecule has 0 aliphatic carbocycles. The summed E-state index contributed by atoms with van der Waals surface area (Å²) in [5.41, 5.74) is 7.55. The summed E-state index contributed by atoms with van der Waals surface area (Å²) < 4.78 is 0. The average Bonchev–Trinajstić information content (AvgIpc) is 2.63. The van der Waals surface area contributed by atoms with Crippen molar-refractivity contribution in [3.8, 4) is 0 Å². The molecule has 2 heteroatoms. The summed E-state index contributed by atoms with van der Waals surface area (Å²) in [7, 11) is 0. The van der Waals surface area contributed by atoms with Crippen LogP contribution in [-0.2, 0) is 6.42 Å². The van der Waals surface area contributed by atoms with E-state index in [9.17, 15) is 0 Å². The molecular weight excluding hydrogens is 208 g/mol. The van der Waals surface area contributed by atoms with E-state index in [1.807, 2.05) is 0 Å². The van der Waals surface area contributed by atoms with Crippen molar-refractivity contribution in [1.82, 2.24) is 4.90 Å². The first-order valence-electron chi connectivity index (χ1n) is 6.61. The molecule has 2 N–H and O–H groups in total. The Morgan fingerprint density at radius 1 is 1.29 bits per heavy atom. The van der Waals surface area contributed by atoms with Gasteiger partial charge in [0, 0.05) is 18.6 Å². The van der Waals surface area contributed by atoms with E-state index in [-0.39, 0.29) is 0 Å². The van der Waals surface area contributed by atoms with Crippen molar-refractivity contribution in [1.29, 1.82) is 0 Å². The Hall–Kier alpha value is -0.860. The quantitative estimate of drug-likeness (QED) is 0.863. The maximum absolute atomic E-state index is 5.80. The van der Waals surface area contributed by atoms with Crippen molar-refractivity contribution in [3.05, 3.63) is 35.9 Å². The summed E-state index contributed by atoms with van der Waals surface area (Å²) in [5.74, 6) is 0.681. The van der Waals surface area contributed by atoms with Crippen molar-refractivity contribution in [3.63, 3.8) is 0 Å². The molecule has 1 aromatic carbocycles. The lowest BCUT2D eigenvalue weighted by Crippen LogP contribution is -2.39. The lowest BCUT2D eigenvalue weighted by atomic mass is 9.96. The molecule has 0 spiro atoms. The van der Waals surface area contributed by atoms with Gasteiger partial charge in [-0.25, -0.2) is 0 Å². The van der Waals surface area contributed by atoms with Gasteiger partial charge in [0.1, 0.15) is 0 Å². The third-order valence-corrected chi connectivity index (χ3v) is 3.97. The van der Waals surface area contributed by atoms with Gasteiger partial charge in [0.05, 0.1) is 0 Å². The summed E-state index contributed by atoms with van der Waals surface area (Å²) in [5, 5.41) is 0. The van der Waals surface area contributed by atoms with Crippen LogP contribution in [0.3, 0.4) is 0 Å². The molecule has 1 unspecified atom stereocenters. The first-order chi connectivity index (χ1) is 8.12. The molecule has 2 rings (SSSR count). The summed E-state index contributed by atoms with van der Waals surface area (Å²) in [4.78, 5) is 2.59. The van der Waals surface area contributed by atoms with Crippen LogP contribution < -0.4 is 5.73 Å². The molecule has 1 saturated heterocycles. The minimum absolute atomic E-state index is 0.318. The second-order valence-corrected chi connectivity index (χ2v) is 5.80. The SMILES string of the molecule is CC1(C)CC(CN)CN1CCc1ccccc1. The van der Waals surface area contributed by atoms with Crippen LogP contribution in [0.2, 0.25) is 0 Å². The molecule has 1 aliphatic heterocycles. The second-order valence-electron chi connectivity index (χ2n) is 5.80. The third kappa shape index (κ3) is 3.08. The van der Waals surface area contributed by atoms with Crippen LogP contribution in [-0.4, -0.2) is 30.1 Å². The van der Waals surface area contributed by atoms with Crippen LogP contribution in [0.5, 0.6) is 0 Å². The van der Waals surface area contributed by atoms with Gasteiger partial charge in [-0.05, 0) is 44.7 Å². The number of nitrogens with two attached hydrogens (primary N) is 1. The molecule has 1 atom stereocenters. The predicted octanol–water partition coefficient (Wildman–Crippen LogP) is 2.29. The molecule has 0 bridgehead atoms. The highest BCUT2D eigenvalue weighted by atomic mass is 15.2. The fourth-order valence-corrected chi connectivity index (χ4v) is 2.92. The largest absolute Gasteiger partial charge is 0.330 e. The van der Waals surface area contributed by atoms with Crippen molar-refractivity contribution in [2.24, 2.45) is 11.7 Å². The van der Waals surface area contributed by atoms with Gasteiger partial charge in [-0.2, -0.15) is 0 Å². The molecule has 1 heterocycles. The molecule has 1 aromatic rings. The van der Waals surface area contributed by atoms with Gasteiger partial charge in [-0.3, -0.25) is 4.90 Å². The Morgan fingerprint density at radius 2 is 2.00 bits per heavy atom. The van der Waals surface area contributed by atoms with E-state index in [0.29, 0.717) is 11.5 Å². The van der Waals surface area contributed by atoms with Crippen LogP contribution in [0.25, 0.3) is 0 Å². The van der Waals surface area contributed by atoms with Crippen molar-refractivity contribution < 1.29 is 0 Å². The number of rotatable bonds is 4. The van der Waals surface area contributed by atoms with E-state index in [1.54, 1.807) is 0 Å². The molecule has 94 valence electrons. The summed E-state index contributed by atoms with van der Waals surface area (Å²) in [6.07, 6.45) is 2.37. The number of hydrogen-bond donors (Lipinski definition) is 1. The maximum atomic E-state index is 5.80. The topological polar surface area (TPSA) is 29.3 Å². The zero-order valence-corrected chi connectivity index (χ0v) is 11.0.